The van der Waals surface area contributed by atoms with Gasteiger partial charge in [-0.05, 0) is 6.42 Å². The SMILES string of the molecule is CCCNc1ncc(S(=O)(=O)N2CCOC(CO)C2)cn1. The molecule has 8 nitrogen and oxygen atoms in total. The summed E-state index contributed by atoms with van der Waals surface area (Å²) in [6, 6.07) is 0. The summed E-state index contributed by atoms with van der Waals surface area (Å²) in [6.07, 6.45) is 3.03. The molecule has 2 N–H and O–H groups in total. The van der Waals surface area contributed by atoms with Crippen LogP contribution >= 0.6 is 0 Å². The first kappa shape index (κ1) is 16.1. The smallest absolute Gasteiger partial charge is 0.246 e. The van der Waals surface area contributed by atoms with Crippen LogP contribution in [0, 0.1) is 0 Å². The number of nitrogens with one attached hydrogen (secondary N) is 1. The maximum absolute atomic E-state index is 12.5. The van der Waals surface area contributed by atoms with Crippen LogP contribution in [0.3, 0.4) is 0 Å². The first-order valence-corrected chi connectivity index (χ1v) is 8.30. The Hall–Kier alpha value is -1.29. The number of aliphatic hydroxyl groups is 1. The molecule has 0 amide bonds. The molecule has 2 heterocycles. The van der Waals surface area contributed by atoms with Crippen molar-refractivity contribution < 1.29 is 18.3 Å². The molecule has 1 atom stereocenters. The third-order valence-corrected chi connectivity index (χ3v) is 4.92. The third-order valence-electron chi connectivity index (χ3n) is 3.10. The lowest BCUT2D eigenvalue weighted by atomic mass is 10.3. The minimum absolute atomic E-state index is 0.0446. The number of hydrogen-bond acceptors (Lipinski definition) is 7. The van der Waals surface area contributed by atoms with E-state index in [9.17, 15) is 8.42 Å². The van der Waals surface area contributed by atoms with E-state index in [-0.39, 0.29) is 31.2 Å². The number of nitrogens with zero attached hydrogens (tertiary/aromatic N) is 3. The lowest BCUT2D eigenvalue weighted by Gasteiger charge is -2.30. The summed E-state index contributed by atoms with van der Waals surface area (Å²) in [5, 5.41) is 12.1. The molecule has 0 aliphatic carbocycles. The Kier molecular flexibility index (Phi) is 5.45. The summed E-state index contributed by atoms with van der Waals surface area (Å²) in [6.45, 7) is 3.20. The highest BCUT2D eigenvalue weighted by Gasteiger charge is 2.31. The molecule has 0 spiro atoms. The van der Waals surface area contributed by atoms with Gasteiger partial charge in [-0.25, -0.2) is 18.4 Å². The normalized spacial score (nSPS) is 20.4. The number of ether oxygens (including phenoxy) is 1. The number of morpholine rings is 1. The van der Waals surface area contributed by atoms with Gasteiger partial charge in [-0.3, -0.25) is 0 Å². The largest absolute Gasteiger partial charge is 0.394 e. The second-order valence-electron chi connectivity index (χ2n) is 4.71. The highest BCUT2D eigenvalue weighted by Crippen LogP contribution is 2.18. The highest BCUT2D eigenvalue weighted by molar-refractivity contribution is 7.89. The number of aliphatic hydroxyl groups excluding tert-OH is 1. The molecule has 118 valence electrons. The van der Waals surface area contributed by atoms with Crippen LogP contribution in [-0.4, -0.2) is 66.7 Å². The van der Waals surface area contributed by atoms with Crippen molar-refractivity contribution in [2.24, 2.45) is 0 Å². The van der Waals surface area contributed by atoms with E-state index in [4.69, 9.17) is 9.84 Å². The Morgan fingerprint density at radius 1 is 1.48 bits per heavy atom. The summed E-state index contributed by atoms with van der Waals surface area (Å²) >= 11 is 0. The minimum Gasteiger partial charge on any atom is -0.394 e. The Morgan fingerprint density at radius 3 is 2.81 bits per heavy atom. The number of aromatic nitrogens is 2. The number of hydrogen-bond donors (Lipinski definition) is 2. The topological polar surface area (TPSA) is 105 Å². The molecule has 0 bridgehead atoms. The van der Waals surface area contributed by atoms with Crippen molar-refractivity contribution in [2.45, 2.75) is 24.3 Å². The average molecular weight is 316 g/mol. The maximum Gasteiger partial charge on any atom is 0.246 e. The zero-order chi connectivity index (χ0) is 15.3. The fourth-order valence-corrected chi connectivity index (χ4v) is 3.29. The predicted molar refractivity (Wildman–Crippen MR) is 76.4 cm³/mol. The molecule has 0 saturated carbocycles. The fourth-order valence-electron chi connectivity index (χ4n) is 1.95. The summed E-state index contributed by atoms with van der Waals surface area (Å²) in [7, 11) is -3.65. The molecule has 1 saturated heterocycles. The first-order chi connectivity index (χ1) is 10.1. The molecule has 9 heteroatoms. The van der Waals surface area contributed by atoms with Crippen LogP contribution in [0.5, 0.6) is 0 Å². The maximum atomic E-state index is 12.5. The standard InChI is InChI=1S/C12H20N4O4S/c1-2-3-13-12-14-6-11(7-15-12)21(18,19)16-4-5-20-10(8-16)9-17/h6-7,10,17H,2-5,8-9H2,1H3,(H,13,14,15). The van der Waals surface area contributed by atoms with Crippen molar-refractivity contribution in [2.75, 3.05) is 38.2 Å². The molecular weight excluding hydrogens is 296 g/mol. The Bertz CT molecular complexity index is 549. The number of rotatable bonds is 6. The minimum atomic E-state index is -3.65. The van der Waals surface area contributed by atoms with Gasteiger partial charge in [0.05, 0.1) is 31.7 Å². The van der Waals surface area contributed by atoms with Gasteiger partial charge in [0.25, 0.3) is 0 Å². The molecule has 1 aromatic rings. The van der Waals surface area contributed by atoms with Gasteiger partial charge in [0.2, 0.25) is 16.0 Å². The average Bonchev–Trinajstić information content (AvgIpc) is 2.53. The highest BCUT2D eigenvalue weighted by atomic mass is 32.2. The van der Waals surface area contributed by atoms with E-state index in [1.54, 1.807) is 0 Å². The van der Waals surface area contributed by atoms with Gasteiger partial charge in [0.1, 0.15) is 4.90 Å². The number of sulfonamides is 1. The third kappa shape index (κ3) is 3.88. The summed E-state index contributed by atoms with van der Waals surface area (Å²) in [5.74, 6) is 0.408. The van der Waals surface area contributed by atoms with E-state index in [0.29, 0.717) is 5.95 Å². The summed E-state index contributed by atoms with van der Waals surface area (Å²) < 4.78 is 31.5. The lowest BCUT2D eigenvalue weighted by molar-refractivity contribution is -0.0304. The van der Waals surface area contributed by atoms with Crippen LogP contribution in [0.25, 0.3) is 0 Å². The monoisotopic (exact) mass is 316 g/mol. The zero-order valence-corrected chi connectivity index (χ0v) is 12.7. The molecule has 1 fully saturated rings. The molecule has 2 rings (SSSR count). The number of anilines is 1. The second kappa shape index (κ2) is 7.12. The Morgan fingerprint density at radius 2 is 2.19 bits per heavy atom. The molecule has 1 aliphatic heterocycles. The van der Waals surface area contributed by atoms with Crippen molar-refractivity contribution in [1.82, 2.24) is 14.3 Å². The van der Waals surface area contributed by atoms with Gasteiger partial charge in [0.15, 0.2) is 0 Å². The van der Waals surface area contributed by atoms with Gasteiger partial charge in [-0.2, -0.15) is 4.31 Å². The predicted octanol–water partition coefficient (Wildman–Crippen LogP) is -0.320. The molecule has 1 unspecified atom stereocenters. The van der Waals surface area contributed by atoms with Crippen molar-refractivity contribution >= 4 is 16.0 Å². The van der Waals surface area contributed by atoms with E-state index >= 15 is 0 Å². The Labute approximate surface area is 124 Å². The van der Waals surface area contributed by atoms with Crippen LogP contribution in [-0.2, 0) is 14.8 Å². The van der Waals surface area contributed by atoms with Gasteiger partial charge in [-0.1, -0.05) is 6.92 Å². The molecule has 0 radical (unpaired) electrons. The second-order valence-corrected chi connectivity index (χ2v) is 6.65. The summed E-state index contributed by atoms with van der Waals surface area (Å²) in [4.78, 5) is 8.06. The van der Waals surface area contributed by atoms with E-state index in [2.05, 4.69) is 15.3 Å². The van der Waals surface area contributed by atoms with E-state index in [0.717, 1.165) is 13.0 Å². The van der Waals surface area contributed by atoms with Crippen molar-refractivity contribution in [3.05, 3.63) is 12.4 Å². The van der Waals surface area contributed by atoms with Crippen LogP contribution in [0.4, 0.5) is 5.95 Å². The van der Waals surface area contributed by atoms with Crippen molar-refractivity contribution in [3.63, 3.8) is 0 Å². The van der Waals surface area contributed by atoms with Crippen LogP contribution < -0.4 is 5.32 Å². The van der Waals surface area contributed by atoms with Gasteiger partial charge < -0.3 is 15.2 Å². The van der Waals surface area contributed by atoms with Crippen molar-refractivity contribution in [1.29, 1.82) is 0 Å². The van der Waals surface area contributed by atoms with Crippen molar-refractivity contribution in [3.8, 4) is 0 Å². The molecule has 1 aromatic heterocycles. The van der Waals surface area contributed by atoms with E-state index in [1.165, 1.54) is 16.7 Å². The zero-order valence-electron chi connectivity index (χ0n) is 11.9. The van der Waals surface area contributed by atoms with Gasteiger partial charge in [-0.15, -0.1) is 0 Å². The van der Waals surface area contributed by atoms with E-state index < -0.39 is 16.1 Å². The molecule has 0 aromatic carbocycles. The first-order valence-electron chi connectivity index (χ1n) is 6.86. The van der Waals surface area contributed by atoms with E-state index in [1.807, 2.05) is 6.92 Å². The van der Waals surface area contributed by atoms with Crippen LogP contribution in [0.2, 0.25) is 0 Å². The van der Waals surface area contributed by atoms with Crippen LogP contribution in [0.1, 0.15) is 13.3 Å². The molecular formula is C12H20N4O4S. The van der Waals surface area contributed by atoms with Gasteiger partial charge in [0, 0.05) is 19.6 Å². The van der Waals surface area contributed by atoms with Crippen LogP contribution in [0.15, 0.2) is 17.3 Å². The van der Waals surface area contributed by atoms with Gasteiger partial charge >= 0.3 is 0 Å². The molecule has 21 heavy (non-hydrogen) atoms. The summed E-state index contributed by atoms with van der Waals surface area (Å²) in [5.41, 5.74) is 0. The quantitative estimate of drug-likeness (QED) is 0.741. The Balaban J connectivity index is 2.11. The molecule has 1 aliphatic rings. The fraction of sp³-hybridized carbons (Fsp3) is 0.667. The lowest BCUT2D eigenvalue weighted by Crippen LogP contribution is -2.46.